The first kappa shape index (κ1) is 19.8. The van der Waals surface area contributed by atoms with Gasteiger partial charge in [-0.1, -0.05) is 0 Å². The number of nitrogens with zero attached hydrogens (tertiary/aromatic N) is 4. The maximum atomic E-state index is 12.9. The molecule has 0 spiro atoms. The molecular weight excluding hydrogens is 403 g/mol. The van der Waals surface area contributed by atoms with Crippen LogP contribution >= 0.6 is 11.3 Å². The van der Waals surface area contributed by atoms with Gasteiger partial charge >= 0.3 is 6.18 Å². The molecule has 3 heterocycles. The Morgan fingerprint density at radius 3 is 2.72 bits per heavy atom. The van der Waals surface area contributed by atoms with Crippen molar-refractivity contribution in [2.24, 2.45) is 5.92 Å². The number of thiophene rings is 1. The first-order chi connectivity index (χ1) is 13.9. The SMILES string of the molecule is O=C(NC1CCC(CCC(F)(F)F)CC1)c1nc(-n2ccnc2)nc2ccsc12. The van der Waals surface area contributed by atoms with E-state index in [2.05, 4.69) is 20.3 Å². The van der Waals surface area contributed by atoms with E-state index in [1.807, 2.05) is 11.4 Å². The lowest BCUT2D eigenvalue weighted by Crippen LogP contribution is -2.38. The number of fused-ring (bicyclic) bond motifs is 1. The van der Waals surface area contributed by atoms with Crippen LogP contribution in [0.4, 0.5) is 13.2 Å². The molecule has 0 radical (unpaired) electrons. The first-order valence-corrected chi connectivity index (χ1v) is 10.4. The largest absolute Gasteiger partial charge is 0.389 e. The number of aromatic nitrogens is 4. The molecule has 0 atom stereocenters. The van der Waals surface area contributed by atoms with E-state index in [-0.39, 0.29) is 24.3 Å². The highest BCUT2D eigenvalue weighted by molar-refractivity contribution is 7.17. The van der Waals surface area contributed by atoms with Crippen molar-refractivity contribution in [3.05, 3.63) is 35.9 Å². The third kappa shape index (κ3) is 4.75. The van der Waals surface area contributed by atoms with E-state index in [9.17, 15) is 18.0 Å². The monoisotopic (exact) mass is 423 g/mol. The number of nitrogens with one attached hydrogen (secondary N) is 1. The Morgan fingerprint density at radius 2 is 2.03 bits per heavy atom. The molecule has 0 bridgehead atoms. The number of imidazole rings is 1. The Kier molecular flexibility index (Phi) is 5.53. The third-order valence-electron chi connectivity index (χ3n) is 5.26. The molecule has 3 aromatic heterocycles. The molecular formula is C19H20F3N5OS. The molecule has 10 heteroatoms. The molecule has 0 aliphatic heterocycles. The molecule has 0 unspecified atom stereocenters. The summed E-state index contributed by atoms with van der Waals surface area (Å²) in [5, 5.41) is 4.87. The van der Waals surface area contributed by atoms with Crippen molar-refractivity contribution in [2.45, 2.75) is 50.7 Å². The average Bonchev–Trinajstić information content (AvgIpc) is 3.37. The molecule has 1 saturated carbocycles. The van der Waals surface area contributed by atoms with Gasteiger partial charge in [0, 0.05) is 24.9 Å². The summed E-state index contributed by atoms with van der Waals surface area (Å²) in [5.41, 5.74) is 1.00. The maximum absolute atomic E-state index is 12.9. The van der Waals surface area contributed by atoms with Gasteiger partial charge in [-0.25, -0.2) is 15.0 Å². The molecule has 154 valence electrons. The summed E-state index contributed by atoms with van der Waals surface area (Å²) in [6.45, 7) is 0. The number of rotatable bonds is 5. The Hall–Kier alpha value is -2.49. The highest BCUT2D eigenvalue weighted by atomic mass is 32.1. The standard InChI is InChI=1S/C19H20F3N5OS/c20-19(21,22)7-5-12-1-3-13(4-2-12)24-17(28)15-16-14(6-10-29-16)25-18(26-15)27-9-8-23-11-27/h6,8-13H,1-5,7H2,(H,24,28). The summed E-state index contributed by atoms with van der Waals surface area (Å²) >= 11 is 1.40. The van der Waals surface area contributed by atoms with E-state index < -0.39 is 12.6 Å². The van der Waals surface area contributed by atoms with Gasteiger partial charge in [-0.05, 0) is 49.5 Å². The third-order valence-corrected chi connectivity index (χ3v) is 6.17. The summed E-state index contributed by atoms with van der Waals surface area (Å²) in [7, 11) is 0. The van der Waals surface area contributed by atoms with Crippen LogP contribution in [0.5, 0.6) is 0 Å². The highest BCUT2D eigenvalue weighted by Gasteiger charge is 2.30. The second-order valence-corrected chi connectivity index (χ2v) is 8.24. The molecule has 1 aliphatic rings. The van der Waals surface area contributed by atoms with Gasteiger partial charge in [-0.3, -0.25) is 9.36 Å². The highest BCUT2D eigenvalue weighted by Crippen LogP contribution is 2.32. The van der Waals surface area contributed by atoms with Gasteiger partial charge in [0.15, 0.2) is 5.69 Å². The van der Waals surface area contributed by atoms with Gasteiger partial charge < -0.3 is 5.32 Å². The summed E-state index contributed by atoms with van der Waals surface area (Å²) in [4.78, 5) is 25.8. The fraction of sp³-hybridized carbons (Fsp3) is 0.474. The fourth-order valence-corrected chi connectivity index (χ4v) is 4.53. The second kappa shape index (κ2) is 8.10. The molecule has 0 aromatic carbocycles. The zero-order valence-electron chi connectivity index (χ0n) is 15.5. The van der Waals surface area contributed by atoms with Crippen molar-refractivity contribution in [3.63, 3.8) is 0 Å². The quantitative estimate of drug-likeness (QED) is 0.656. The summed E-state index contributed by atoms with van der Waals surface area (Å²) in [5.74, 6) is 0.162. The Labute approximate surface area is 169 Å². The van der Waals surface area contributed by atoms with E-state index in [1.165, 1.54) is 11.3 Å². The van der Waals surface area contributed by atoms with Crippen LogP contribution < -0.4 is 5.32 Å². The number of halogens is 3. The predicted molar refractivity (Wildman–Crippen MR) is 103 cm³/mol. The van der Waals surface area contributed by atoms with E-state index >= 15 is 0 Å². The molecule has 29 heavy (non-hydrogen) atoms. The van der Waals surface area contributed by atoms with Crippen LogP contribution in [0.15, 0.2) is 30.2 Å². The molecule has 4 rings (SSSR count). The predicted octanol–water partition coefficient (Wildman–Crippen LogP) is 4.51. The van der Waals surface area contributed by atoms with Crippen LogP contribution in [0.1, 0.15) is 49.0 Å². The van der Waals surface area contributed by atoms with E-state index in [0.717, 1.165) is 0 Å². The number of alkyl halides is 3. The molecule has 0 saturated heterocycles. The van der Waals surface area contributed by atoms with Gasteiger partial charge in [-0.15, -0.1) is 11.3 Å². The van der Waals surface area contributed by atoms with Crippen LogP contribution in [-0.2, 0) is 0 Å². The van der Waals surface area contributed by atoms with Crippen molar-refractivity contribution in [2.75, 3.05) is 0 Å². The molecule has 1 amide bonds. The smallest absolute Gasteiger partial charge is 0.348 e. The zero-order valence-corrected chi connectivity index (χ0v) is 16.3. The topological polar surface area (TPSA) is 72.7 Å². The Morgan fingerprint density at radius 1 is 1.24 bits per heavy atom. The molecule has 3 aromatic rings. The van der Waals surface area contributed by atoms with Crippen molar-refractivity contribution >= 4 is 27.5 Å². The minimum Gasteiger partial charge on any atom is -0.348 e. The van der Waals surface area contributed by atoms with Crippen molar-refractivity contribution < 1.29 is 18.0 Å². The van der Waals surface area contributed by atoms with Crippen molar-refractivity contribution in [3.8, 4) is 5.95 Å². The lowest BCUT2D eigenvalue weighted by molar-refractivity contribution is -0.138. The molecule has 6 nitrogen and oxygen atoms in total. The normalized spacial score (nSPS) is 20.1. The maximum Gasteiger partial charge on any atom is 0.389 e. The summed E-state index contributed by atoms with van der Waals surface area (Å²) in [6, 6.07) is 1.79. The fourth-order valence-electron chi connectivity index (χ4n) is 3.72. The van der Waals surface area contributed by atoms with Gasteiger partial charge in [0.25, 0.3) is 5.91 Å². The zero-order chi connectivity index (χ0) is 20.4. The molecule has 1 fully saturated rings. The van der Waals surface area contributed by atoms with E-state index in [1.54, 1.807) is 23.3 Å². The van der Waals surface area contributed by atoms with Gasteiger partial charge in [0.05, 0.1) is 10.2 Å². The first-order valence-electron chi connectivity index (χ1n) is 9.50. The summed E-state index contributed by atoms with van der Waals surface area (Å²) < 4.78 is 39.6. The van der Waals surface area contributed by atoms with Crippen molar-refractivity contribution in [1.29, 1.82) is 0 Å². The van der Waals surface area contributed by atoms with Gasteiger partial charge in [-0.2, -0.15) is 13.2 Å². The Balaban J connectivity index is 1.43. The number of carbonyl (C=O) groups is 1. The number of hydrogen-bond donors (Lipinski definition) is 1. The number of carbonyl (C=O) groups excluding carboxylic acids is 1. The number of amides is 1. The van der Waals surface area contributed by atoms with Crippen LogP contribution in [0, 0.1) is 5.92 Å². The lowest BCUT2D eigenvalue weighted by atomic mass is 9.83. The molecule has 1 N–H and O–H groups in total. The average molecular weight is 423 g/mol. The van der Waals surface area contributed by atoms with Crippen LogP contribution in [0.25, 0.3) is 16.2 Å². The lowest BCUT2D eigenvalue weighted by Gasteiger charge is -2.29. The molecule has 1 aliphatic carbocycles. The second-order valence-electron chi connectivity index (χ2n) is 7.32. The number of hydrogen-bond acceptors (Lipinski definition) is 5. The van der Waals surface area contributed by atoms with E-state index in [4.69, 9.17) is 0 Å². The minimum absolute atomic E-state index is 0.0497. The Bertz CT molecular complexity index is 978. The van der Waals surface area contributed by atoms with Gasteiger partial charge in [0.1, 0.15) is 6.33 Å². The van der Waals surface area contributed by atoms with Crippen LogP contribution in [-0.4, -0.2) is 37.6 Å². The van der Waals surface area contributed by atoms with E-state index in [0.29, 0.717) is 47.5 Å². The van der Waals surface area contributed by atoms with Crippen LogP contribution in [0.2, 0.25) is 0 Å². The van der Waals surface area contributed by atoms with Gasteiger partial charge in [0.2, 0.25) is 5.95 Å². The minimum atomic E-state index is -4.10. The van der Waals surface area contributed by atoms with Crippen LogP contribution in [0.3, 0.4) is 0 Å². The van der Waals surface area contributed by atoms with Crippen molar-refractivity contribution in [1.82, 2.24) is 24.8 Å². The summed E-state index contributed by atoms with van der Waals surface area (Å²) in [6.07, 6.45) is 2.97.